The molecule has 0 aliphatic heterocycles. The Kier molecular flexibility index (Phi) is 5.88. The van der Waals surface area contributed by atoms with Crippen LogP contribution in [-0.4, -0.2) is 24.3 Å². The van der Waals surface area contributed by atoms with Crippen molar-refractivity contribution in [3.63, 3.8) is 0 Å². The molecule has 0 aliphatic rings. The van der Waals surface area contributed by atoms with Crippen LogP contribution in [0.1, 0.15) is 11.1 Å². The highest BCUT2D eigenvalue weighted by atomic mass is 16.6. The van der Waals surface area contributed by atoms with Crippen molar-refractivity contribution in [1.82, 2.24) is 5.43 Å². The molecule has 0 saturated heterocycles. The summed E-state index contributed by atoms with van der Waals surface area (Å²) < 4.78 is 10.8. The average molecular weight is 344 g/mol. The highest BCUT2D eigenvalue weighted by molar-refractivity contribution is 5.82. The number of hydrazone groups is 1. The molecule has 0 atom stereocenters. The molecule has 9 nitrogen and oxygen atoms in total. The third-order valence-corrected chi connectivity index (χ3v) is 3.14. The largest absolute Gasteiger partial charge is 0.496 e. The van der Waals surface area contributed by atoms with Gasteiger partial charge in [-0.05, 0) is 29.8 Å². The zero-order valence-electron chi connectivity index (χ0n) is 13.3. The Labute approximate surface area is 143 Å². The second-order valence-electron chi connectivity index (χ2n) is 4.82. The summed E-state index contributed by atoms with van der Waals surface area (Å²) in [5.41, 5.74) is 8.21. The number of para-hydroxylation sites is 2. The highest BCUT2D eigenvalue weighted by Crippen LogP contribution is 2.28. The number of hydrogen-bond acceptors (Lipinski definition) is 6. The van der Waals surface area contributed by atoms with E-state index in [9.17, 15) is 14.9 Å². The summed E-state index contributed by atoms with van der Waals surface area (Å²) in [4.78, 5) is 21.1. The summed E-state index contributed by atoms with van der Waals surface area (Å²) in [6.07, 6.45) is 1.40. The summed E-state index contributed by atoms with van der Waals surface area (Å²) >= 11 is 0. The number of ether oxygens (including phenoxy) is 2. The second-order valence-corrected chi connectivity index (χ2v) is 4.82. The van der Waals surface area contributed by atoms with Gasteiger partial charge in [0.15, 0.2) is 5.75 Å². The number of primary amides is 1. The zero-order chi connectivity index (χ0) is 18.2. The Morgan fingerprint density at radius 2 is 2.08 bits per heavy atom. The first-order valence-electron chi connectivity index (χ1n) is 7.13. The summed E-state index contributed by atoms with van der Waals surface area (Å²) in [5, 5.41) is 14.7. The molecule has 2 amide bonds. The van der Waals surface area contributed by atoms with Crippen molar-refractivity contribution >= 4 is 17.9 Å². The van der Waals surface area contributed by atoms with Crippen LogP contribution in [0.25, 0.3) is 0 Å². The highest BCUT2D eigenvalue weighted by Gasteiger charge is 2.14. The minimum atomic E-state index is -0.773. The van der Waals surface area contributed by atoms with Crippen LogP contribution in [0, 0.1) is 10.1 Å². The van der Waals surface area contributed by atoms with Gasteiger partial charge in [0.25, 0.3) is 0 Å². The lowest BCUT2D eigenvalue weighted by molar-refractivity contribution is -0.385. The van der Waals surface area contributed by atoms with Crippen molar-refractivity contribution in [1.29, 1.82) is 0 Å². The van der Waals surface area contributed by atoms with Crippen LogP contribution in [-0.2, 0) is 6.61 Å². The van der Waals surface area contributed by atoms with Crippen molar-refractivity contribution < 1.29 is 19.2 Å². The van der Waals surface area contributed by atoms with E-state index < -0.39 is 11.0 Å². The topological polar surface area (TPSA) is 129 Å². The number of urea groups is 1. The van der Waals surface area contributed by atoms with E-state index in [0.717, 1.165) is 0 Å². The Morgan fingerprint density at radius 1 is 1.32 bits per heavy atom. The predicted molar refractivity (Wildman–Crippen MR) is 90.7 cm³/mol. The predicted octanol–water partition coefficient (Wildman–Crippen LogP) is 2.18. The van der Waals surface area contributed by atoms with Gasteiger partial charge in [-0.2, -0.15) is 5.10 Å². The maximum absolute atomic E-state index is 11.0. The van der Waals surface area contributed by atoms with E-state index in [-0.39, 0.29) is 18.0 Å². The first-order valence-corrected chi connectivity index (χ1v) is 7.13. The molecule has 0 fully saturated rings. The van der Waals surface area contributed by atoms with Gasteiger partial charge < -0.3 is 15.2 Å². The van der Waals surface area contributed by atoms with Crippen LogP contribution in [0.3, 0.4) is 0 Å². The number of carbonyl (C=O) groups is 1. The third-order valence-electron chi connectivity index (χ3n) is 3.14. The normalized spacial score (nSPS) is 10.4. The molecule has 0 bridgehead atoms. The van der Waals surface area contributed by atoms with Crippen molar-refractivity contribution in [2.24, 2.45) is 10.8 Å². The molecule has 0 heterocycles. The number of nitro benzene ring substituents is 1. The number of amides is 2. The smallest absolute Gasteiger partial charge is 0.332 e. The Bertz CT molecular complexity index is 807. The fourth-order valence-electron chi connectivity index (χ4n) is 2.05. The number of nitrogens with zero attached hydrogens (tertiary/aromatic N) is 2. The molecule has 0 aliphatic carbocycles. The molecule has 2 aromatic rings. The minimum Gasteiger partial charge on any atom is -0.496 e. The molecule has 0 spiro atoms. The van der Waals surface area contributed by atoms with Crippen molar-refractivity contribution in [2.45, 2.75) is 6.61 Å². The summed E-state index contributed by atoms with van der Waals surface area (Å²) in [6, 6.07) is 10.5. The molecular formula is C16H16N4O5. The standard InChI is InChI=1S/C16H16N4O5/c1-24-14-7-6-11(9-18-19-16(17)21)8-12(14)10-25-15-5-3-2-4-13(15)20(22)23/h2-9H,10H2,1H3,(H3,17,19,21). The number of benzene rings is 2. The van der Waals surface area contributed by atoms with E-state index in [4.69, 9.17) is 15.2 Å². The average Bonchev–Trinajstić information content (AvgIpc) is 2.60. The number of nitrogens with one attached hydrogen (secondary N) is 1. The van der Waals surface area contributed by atoms with Gasteiger partial charge in [-0.3, -0.25) is 10.1 Å². The van der Waals surface area contributed by atoms with Crippen molar-refractivity contribution in [3.8, 4) is 11.5 Å². The van der Waals surface area contributed by atoms with Gasteiger partial charge >= 0.3 is 11.7 Å². The van der Waals surface area contributed by atoms with Crippen LogP contribution >= 0.6 is 0 Å². The quantitative estimate of drug-likeness (QED) is 0.452. The molecule has 0 radical (unpaired) electrons. The summed E-state index contributed by atoms with van der Waals surface area (Å²) in [7, 11) is 1.51. The lowest BCUT2D eigenvalue weighted by atomic mass is 10.1. The maximum Gasteiger partial charge on any atom is 0.332 e. The van der Waals surface area contributed by atoms with Crippen LogP contribution < -0.4 is 20.6 Å². The number of nitrogens with two attached hydrogens (primary N) is 1. The molecular weight excluding hydrogens is 328 g/mol. The molecule has 0 aromatic heterocycles. The summed E-state index contributed by atoms with van der Waals surface area (Å²) in [5.74, 6) is 0.711. The molecule has 2 aromatic carbocycles. The van der Waals surface area contributed by atoms with Crippen LogP contribution in [0.15, 0.2) is 47.6 Å². The summed E-state index contributed by atoms with van der Waals surface area (Å²) in [6.45, 7) is 0.0545. The lowest BCUT2D eigenvalue weighted by Crippen LogP contribution is -2.24. The Morgan fingerprint density at radius 3 is 2.76 bits per heavy atom. The van der Waals surface area contributed by atoms with Gasteiger partial charge in [0.05, 0.1) is 18.2 Å². The Balaban J connectivity index is 2.19. The fourth-order valence-corrected chi connectivity index (χ4v) is 2.05. The fraction of sp³-hybridized carbons (Fsp3) is 0.125. The van der Waals surface area contributed by atoms with Gasteiger partial charge in [-0.15, -0.1) is 0 Å². The number of nitro groups is 1. The van der Waals surface area contributed by atoms with Crippen LogP contribution in [0.5, 0.6) is 11.5 Å². The first kappa shape index (κ1) is 17.7. The van der Waals surface area contributed by atoms with E-state index in [1.54, 1.807) is 30.3 Å². The SMILES string of the molecule is COc1ccc(C=NNC(N)=O)cc1COc1ccccc1[N+](=O)[O-]. The van der Waals surface area contributed by atoms with Gasteiger partial charge in [0.2, 0.25) is 0 Å². The van der Waals surface area contributed by atoms with Gasteiger partial charge in [0.1, 0.15) is 12.4 Å². The molecule has 0 unspecified atom stereocenters. The van der Waals surface area contributed by atoms with Crippen molar-refractivity contribution in [2.75, 3.05) is 7.11 Å². The molecule has 9 heteroatoms. The van der Waals surface area contributed by atoms with Gasteiger partial charge in [0, 0.05) is 11.6 Å². The van der Waals surface area contributed by atoms with E-state index in [2.05, 4.69) is 10.5 Å². The number of hydrogen-bond donors (Lipinski definition) is 2. The van der Waals surface area contributed by atoms with Crippen LogP contribution in [0.4, 0.5) is 10.5 Å². The lowest BCUT2D eigenvalue weighted by Gasteiger charge is -2.11. The zero-order valence-corrected chi connectivity index (χ0v) is 13.3. The monoisotopic (exact) mass is 344 g/mol. The minimum absolute atomic E-state index is 0.0545. The number of carbonyl (C=O) groups excluding carboxylic acids is 1. The first-order chi connectivity index (χ1) is 12.0. The Hall–Kier alpha value is -3.62. The molecule has 2 rings (SSSR count). The van der Waals surface area contributed by atoms with Gasteiger partial charge in [-0.1, -0.05) is 12.1 Å². The van der Waals surface area contributed by atoms with Crippen LogP contribution in [0.2, 0.25) is 0 Å². The second kappa shape index (κ2) is 8.29. The molecule has 0 saturated carbocycles. The molecule has 3 N–H and O–H groups in total. The third kappa shape index (κ3) is 4.93. The maximum atomic E-state index is 11.0. The van der Waals surface area contributed by atoms with E-state index in [0.29, 0.717) is 16.9 Å². The van der Waals surface area contributed by atoms with E-state index >= 15 is 0 Å². The van der Waals surface area contributed by atoms with E-state index in [1.165, 1.54) is 25.5 Å². The van der Waals surface area contributed by atoms with Gasteiger partial charge in [-0.25, -0.2) is 10.2 Å². The number of rotatable bonds is 7. The van der Waals surface area contributed by atoms with E-state index in [1.807, 2.05) is 0 Å². The number of methoxy groups -OCH3 is 1. The molecule has 130 valence electrons. The molecule has 25 heavy (non-hydrogen) atoms. The van der Waals surface area contributed by atoms with Crippen molar-refractivity contribution in [3.05, 3.63) is 63.7 Å².